The average Bonchev–Trinajstić information content (AvgIpc) is 1.43. The SMILES string of the molecule is CC12C=CC(=O)C=C1CCC1C2C(O)CC2(C)C1CCC2(O)C(=O)COC(=O)CCC(=O)OC1C2OC(CO)C(OC3OC(CO)C(OC4OC(CO)C(OC5OC(CO)C(OC6OC(CO)C(OC7OC(CO)C(O2)C(O)C7O)C(O)C6O)C(O)C5O)C(O)C4O)C(O)C3O)C1O. The predicted octanol–water partition coefficient (Wildman–Crippen LogP) is -10.6. The maximum Gasteiger partial charge on any atom is 0.306 e. The van der Waals surface area contributed by atoms with Crippen molar-refractivity contribution in [3.05, 3.63) is 23.8 Å². The molecule has 22 saturated heterocycles. The molecule has 556 valence electrons. The van der Waals surface area contributed by atoms with Gasteiger partial charge in [0, 0.05) is 16.7 Å². The number of fused-ring (bicyclic) bond motifs is 5. The van der Waals surface area contributed by atoms with Crippen LogP contribution in [0.15, 0.2) is 23.8 Å². The van der Waals surface area contributed by atoms with Crippen LogP contribution in [-0.4, -0.2) is 363 Å². The van der Waals surface area contributed by atoms with Crippen molar-refractivity contribution in [3.63, 3.8) is 0 Å². The summed E-state index contributed by atoms with van der Waals surface area (Å²) in [4.78, 5) is 53.8. The molecule has 37 atom stereocenters. The second-order valence-corrected chi connectivity index (χ2v) is 27.5. The van der Waals surface area contributed by atoms with Gasteiger partial charge in [-0.05, 0) is 56.1 Å². The fourth-order valence-electron chi connectivity index (χ4n) is 16.6. The molecule has 0 radical (unpaired) electrons. The molecule has 0 aromatic carbocycles. The van der Waals surface area contributed by atoms with Crippen LogP contribution in [-0.2, 0) is 85.5 Å². The first-order chi connectivity index (χ1) is 46.5. The summed E-state index contributed by atoms with van der Waals surface area (Å²) in [5.41, 5.74) is -2.96. The maximum atomic E-state index is 14.1. The van der Waals surface area contributed by atoms with Crippen LogP contribution in [0.2, 0.25) is 0 Å². The quantitative estimate of drug-likeness (QED) is 0.0762. The molecule has 12 bridgehead atoms. The van der Waals surface area contributed by atoms with Gasteiger partial charge in [-0.2, -0.15) is 0 Å². The monoisotopic (exact) mass is 1410 g/mol. The number of carbonyl (C=O) groups is 4. The minimum Gasteiger partial charge on any atom is -0.458 e. The van der Waals surface area contributed by atoms with E-state index in [9.17, 15) is 116 Å². The molecule has 26 aliphatic rings. The van der Waals surface area contributed by atoms with Gasteiger partial charge in [0.05, 0.1) is 58.6 Å². The molecule has 19 N–H and O–H groups in total. The number of carbonyl (C=O) groups excluding carboxylic acids is 4. The molecule has 0 aromatic rings. The lowest BCUT2D eigenvalue weighted by Crippen LogP contribution is -2.69. The van der Waals surface area contributed by atoms with Crippen molar-refractivity contribution in [1.29, 1.82) is 0 Å². The Hall–Kier alpha value is -3.48. The van der Waals surface area contributed by atoms with E-state index in [0.717, 1.165) is 5.57 Å². The van der Waals surface area contributed by atoms with Crippen molar-refractivity contribution in [2.75, 3.05) is 46.2 Å². The average molecular weight is 1420 g/mol. The molecule has 37 unspecified atom stereocenters. The zero-order chi connectivity index (χ0) is 70.9. The van der Waals surface area contributed by atoms with Crippen molar-refractivity contribution < 1.29 is 183 Å². The highest BCUT2D eigenvalue weighted by Gasteiger charge is 2.69. The Morgan fingerprint density at radius 1 is 0.480 bits per heavy atom. The van der Waals surface area contributed by atoms with E-state index in [1.165, 1.54) is 6.08 Å². The number of Topliss-reactive ketones (excluding diaryl/α,β-unsaturated/α-hetero) is 1. The van der Waals surface area contributed by atoms with E-state index in [4.69, 9.17) is 66.3 Å². The summed E-state index contributed by atoms with van der Waals surface area (Å²) in [6, 6.07) is 0. The Morgan fingerprint density at radius 3 is 1.22 bits per heavy atom. The van der Waals surface area contributed by atoms with Crippen LogP contribution in [0.4, 0.5) is 0 Å². The summed E-state index contributed by atoms with van der Waals surface area (Å²) in [7, 11) is 0. The lowest BCUT2D eigenvalue weighted by Gasteiger charge is -2.59. The van der Waals surface area contributed by atoms with E-state index in [2.05, 4.69) is 0 Å². The fourth-order valence-corrected chi connectivity index (χ4v) is 16.6. The largest absolute Gasteiger partial charge is 0.458 e. The molecule has 0 aromatic heterocycles. The van der Waals surface area contributed by atoms with Crippen LogP contribution in [0, 0.1) is 28.6 Å². The van der Waals surface area contributed by atoms with Crippen LogP contribution in [0.25, 0.3) is 0 Å². The lowest BCUT2D eigenvalue weighted by molar-refractivity contribution is -0.404. The molecule has 3 saturated carbocycles. The summed E-state index contributed by atoms with van der Waals surface area (Å²) in [5.74, 6) is -4.25. The topological polar surface area (TPSA) is 582 Å². The Kier molecular flexibility index (Phi) is 23.4. The van der Waals surface area contributed by atoms with Gasteiger partial charge in [-0.25, -0.2) is 0 Å². The highest BCUT2D eigenvalue weighted by atomic mass is 16.8. The first kappa shape index (κ1) is 75.7. The Bertz CT molecular complexity index is 2840. The number of ketones is 2. The number of hydrogen-bond donors (Lipinski definition) is 19. The standard InChI is InChI=1S/C61H90O37/c1-59-9-7-21(68)11-20(59)3-4-22-23-8-10-61(84,60(23,2)12-24(69)34(22)59)31(70)19-85-32(71)5-6-33(72)92-52-45(83)51-30(18-67)91-58(52)98-50-29(17-66)90-56(44(82)39(50)77)96-48-27(15-64)88-54(42(80)37(48)75)94-46-25(13-62)86-53(40(78)35(46)73)93-47-26(14-63)87-55(41(79)36(47)74)95-49-28(16-65)89-57(97-51)43(81)38(49)76/h7,9,11,22-30,34-58,62-67,69,73-84H,3-6,8,10,12-19H2,1-2H3. The van der Waals surface area contributed by atoms with E-state index in [-0.39, 0.29) is 36.4 Å². The smallest absolute Gasteiger partial charge is 0.306 e. The molecule has 0 amide bonds. The third-order valence-electron chi connectivity index (χ3n) is 21.9. The highest BCUT2D eigenvalue weighted by molar-refractivity contribution is 6.01. The molecule has 22 aliphatic heterocycles. The summed E-state index contributed by atoms with van der Waals surface area (Å²) in [6.07, 6.45) is -58.7. The van der Waals surface area contributed by atoms with Crippen LogP contribution in [0.1, 0.15) is 58.8 Å². The zero-order valence-corrected chi connectivity index (χ0v) is 53.1. The third-order valence-corrected chi connectivity index (χ3v) is 21.9. The first-order valence-corrected chi connectivity index (χ1v) is 32.7. The van der Waals surface area contributed by atoms with E-state index >= 15 is 0 Å². The Labute approximate surface area is 558 Å². The summed E-state index contributed by atoms with van der Waals surface area (Å²) in [6.45, 7) is -3.87. The molecule has 37 nitrogen and oxygen atoms in total. The third kappa shape index (κ3) is 13.7. The summed E-state index contributed by atoms with van der Waals surface area (Å²) >= 11 is 0. The fraction of sp³-hybridized carbons (Fsp3) is 0.869. The molecular formula is C61H90O37. The van der Waals surface area contributed by atoms with Gasteiger partial charge in [0.15, 0.2) is 56.2 Å². The van der Waals surface area contributed by atoms with Crippen molar-refractivity contribution in [2.24, 2.45) is 28.6 Å². The molecular weight excluding hydrogens is 1320 g/mol. The first-order valence-electron chi connectivity index (χ1n) is 32.7. The number of aliphatic hydroxyl groups excluding tert-OH is 18. The van der Waals surface area contributed by atoms with Gasteiger partial charge in [0.25, 0.3) is 0 Å². The highest BCUT2D eigenvalue weighted by Crippen LogP contribution is 2.67. The lowest BCUT2D eigenvalue weighted by atomic mass is 9.46. The van der Waals surface area contributed by atoms with Crippen molar-refractivity contribution in [2.45, 2.75) is 255 Å². The van der Waals surface area contributed by atoms with Crippen LogP contribution in [0.5, 0.6) is 0 Å². The Balaban J connectivity index is 0.825. The number of esters is 2. The van der Waals surface area contributed by atoms with E-state index < -0.39 is 284 Å². The number of rotatable bonds is 13. The van der Waals surface area contributed by atoms with Gasteiger partial charge < -0.3 is 163 Å². The number of hydrogen-bond acceptors (Lipinski definition) is 37. The van der Waals surface area contributed by atoms with E-state index in [0.29, 0.717) is 19.3 Å². The van der Waals surface area contributed by atoms with E-state index in [1.807, 2.05) is 13.0 Å². The molecule has 4 aliphatic carbocycles. The molecule has 22 heterocycles. The van der Waals surface area contributed by atoms with E-state index in [1.54, 1.807) is 13.0 Å². The van der Waals surface area contributed by atoms with Crippen molar-refractivity contribution in [1.82, 2.24) is 0 Å². The molecule has 98 heavy (non-hydrogen) atoms. The minimum absolute atomic E-state index is 0.0124. The second-order valence-electron chi connectivity index (χ2n) is 27.5. The second kappa shape index (κ2) is 30.3. The van der Waals surface area contributed by atoms with Crippen LogP contribution >= 0.6 is 0 Å². The summed E-state index contributed by atoms with van der Waals surface area (Å²) in [5, 5.41) is 215. The Morgan fingerprint density at radius 2 is 0.837 bits per heavy atom. The van der Waals surface area contributed by atoms with Gasteiger partial charge in [0.2, 0.25) is 5.78 Å². The van der Waals surface area contributed by atoms with Crippen LogP contribution in [0.3, 0.4) is 0 Å². The molecule has 26 rings (SSSR count). The van der Waals surface area contributed by atoms with Crippen molar-refractivity contribution in [3.8, 4) is 0 Å². The number of aliphatic hydroxyl groups is 19. The van der Waals surface area contributed by atoms with Gasteiger partial charge in [0.1, 0.15) is 146 Å². The van der Waals surface area contributed by atoms with Gasteiger partial charge >= 0.3 is 11.9 Å². The molecule has 25 fully saturated rings. The predicted molar refractivity (Wildman–Crippen MR) is 308 cm³/mol. The van der Waals surface area contributed by atoms with Crippen LogP contribution < -0.4 is 0 Å². The number of ether oxygens (including phenoxy) is 14. The van der Waals surface area contributed by atoms with Gasteiger partial charge in [-0.3, -0.25) is 19.2 Å². The van der Waals surface area contributed by atoms with Gasteiger partial charge in [-0.1, -0.05) is 25.5 Å². The maximum absolute atomic E-state index is 14.1. The van der Waals surface area contributed by atoms with Gasteiger partial charge in [-0.15, -0.1) is 0 Å². The molecule has 37 heteroatoms. The zero-order valence-electron chi connectivity index (χ0n) is 53.1. The molecule has 0 spiro atoms. The summed E-state index contributed by atoms with van der Waals surface area (Å²) < 4.78 is 80.7. The van der Waals surface area contributed by atoms with Crippen molar-refractivity contribution >= 4 is 23.5 Å². The minimum atomic E-state index is -2.35. The number of allylic oxidation sites excluding steroid dienone is 4. The normalized spacial score (nSPS) is 51.3.